The number of anilines is 1. The van der Waals surface area contributed by atoms with Crippen molar-refractivity contribution >= 4 is 35.4 Å². The standard InChI is InChI=1S/C19H19ClN2O5/c1-22(19(25)12-27-16-6-4-3-5-13(16)11-23)10-18(24)21-15-9-14(20)7-8-17(15)26-2/h3-9,11H,10,12H2,1-2H3,(H,21,24). The van der Waals surface area contributed by atoms with Gasteiger partial charge < -0.3 is 19.7 Å². The highest BCUT2D eigenvalue weighted by Gasteiger charge is 2.16. The fraction of sp³-hybridized carbons (Fsp3) is 0.211. The van der Waals surface area contributed by atoms with E-state index < -0.39 is 11.8 Å². The number of hydrogen-bond acceptors (Lipinski definition) is 5. The number of amides is 2. The van der Waals surface area contributed by atoms with Gasteiger partial charge >= 0.3 is 0 Å². The molecule has 0 spiro atoms. The Morgan fingerprint density at radius 1 is 1.19 bits per heavy atom. The fourth-order valence-corrected chi connectivity index (χ4v) is 2.40. The van der Waals surface area contributed by atoms with E-state index in [0.29, 0.717) is 34.1 Å². The van der Waals surface area contributed by atoms with Gasteiger partial charge in [0, 0.05) is 12.1 Å². The second kappa shape index (κ2) is 9.59. The van der Waals surface area contributed by atoms with Crippen molar-refractivity contribution in [2.45, 2.75) is 0 Å². The van der Waals surface area contributed by atoms with Gasteiger partial charge in [0.05, 0.1) is 24.9 Å². The number of nitrogens with zero attached hydrogens (tertiary/aromatic N) is 1. The van der Waals surface area contributed by atoms with E-state index in [1.807, 2.05) is 0 Å². The molecule has 0 fully saturated rings. The summed E-state index contributed by atoms with van der Waals surface area (Å²) in [7, 11) is 2.95. The first-order valence-electron chi connectivity index (χ1n) is 7.99. The maximum Gasteiger partial charge on any atom is 0.260 e. The lowest BCUT2D eigenvalue weighted by atomic mass is 10.2. The molecule has 0 unspecified atom stereocenters. The number of hydrogen-bond donors (Lipinski definition) is 1. The summed E-state index contributed by atoms with van der Waals surface area (Å²) >= 11 is 5.92. The number of halogens is 1. The smallest absolute Gasteiger partial charge is 0.260 e. The van der Waals surface area contributed by atoms with Crippen LogP contribution in [-0.4, -0.2) is 50.3 Å². The predicted molar refractivity (Wildman–Crippen MR) is 102 cm³/mol. The Morgan fingerprint density at radius 2 is 1.93 bits per heavy atom. The van der Waals surface area contributed by atoms with Gasteiger partial charge in [-0.25, -0.2) is 0 Å². The predicted octanol–water partition coefficient (Wildman–Crippen LogP) is 2.64. The first-order valence-corrected chi connectivity index (χ1v) is 8.36. The van der Waals surface area contributed by atoms with E-state index in [1.165, 1.54) is 19.1 Å². The van der Waals surface area contributed by atoms with Crippen molar-refractivity contribution in [3.05, 3.63) is 53.1 Å². The van der Waals surface area contributed by atoms with Gasteiger partial charge in [-0.2, -0.15) is 0 Å². The Kier molecular flexibility index (Phi) is 7.19. The van der Waals surface area contributed by atoms with Gasteiger partial charge in [-0.1, -0.05) is 23.7 Å². The summed E-state index contributed by atoms with van der Waals surface area (Å²) in [5.74, 6) is -0.0680. The summed E-state index contributed by atoms with van der Waals surface area (Å²) in [6.45, 7) is -0.484. The molecule has 0 atom stereocenters. The van der Waals surface area contributed by atoms with Gasteiger partial charge in [-0.3, -0.25) is 14.4 Å². The van der Waals surface area contributed by atoms with Crippen molar-refractivity contribution in [3.63, 3.8) is 0 Å². The van der Waals surface area contributed by atoms with E-state index in [0.717, 1.165) is 0 Å². The molecule has 2 rings (SSSR count). The highest BCUT2D eigenvalue weighted by molar-refractivity contribution is 6.31. The van der Waals surface area contributed by atoms with Crippen molar-refractivity contribution in [3.8, 4) is 11.5 Å². The van der Waals surface area contributed by atoms with Crippen LogP contribution < -0.4 is 14.8 Å². The third-order valence-electron chi connectivity index (χ3n) is 3.64. The Labute approximate surface area is 161 Å². The number of rotatable bonds is 8. The molecule has 0 aliphatic carbocycles. The van der Waals surface area contributed by atoms with Crippen molar-refractivity contribution < 1.29 is 23.9 Å². The summed E-state index contributed by atoms with van der Waals surface area (Å²) in [6, 6.07) is 11.4. The fourth-order valence-electron chi connectivity index (χ4n) is 2.23. The molecular formula is C19H19ClN2O5. The van der Waals surface area contributed by atoms with Crippen molar-refractivity contribution in [1.82, 2.24) is 4.90 Å². The van der Waals surface area contributed by atoms with E-state index in [2.05, 4.69) is 5.32 Å². The molecule has 1 N–H and O–H groups in total. The molecule has 0 saturated heterocycles. The summed E-state index contributed by atoms with van der Waals surface area (Å²) < 4.78 is 10.5. The average molecular weight is 391 g/mol. The second-order valence-electron chi connectivity index (χ2n) is 5.59. The van der Waals surface area contributed by atoms with Gasteiger partial charge in [-0.05, 0) is 30.3 Å². The molecule has 2 aromatic carbocycles. The van der Waals surface area contributed by atoms with Crippen LogP contribution >= 0.6 is 11.6 Å². The highest BCUT2D eigenvalue weighted by atomic mass is 35.5. The number of carbonyl (C=O) groups excluding carboxylic acids is 3. The molecule has 142 valence electrons. The van der Waals surface area contributed by atoms with Crippen LogP contribution in [0.4, 0.5) is 5.69 Å². The number of carbonyl (C=O) groups is 3. The van der Waals surface area contributed by atoms with Crippen LogP contribution in [0.25, 0.3) is 0 Å². The molecule has 0 radical (unpaired) electrons. The summed E-state index contributed by atoms with van der Waals surface area (Å²) in [5.41, 5.74) is 0.755. The van der Waals surface area contributed by atoms with Gasteiger partial charge in [-0.15, -0.1) is 0 Å². The number of ether oxygens (including phenoxy) is 2. The molecule has 0 aromatic heterocycles. The lowest BCUT2D eigenvalue weighted by Gasteiger charge is -2.18. The number of methoxy groups -OCH3 is 1. The van der Waals surface area contributed by atoms with Crippen molar-refractivity contribution in [2.24, 2.45) is 0 Å². The van der Waals surface area contributed by atoms with Gasteiger partial charge in [0.1, 0.15) is 11.5 Å². The van der Waals surface area contributed by atoms with E-state index >= 15 is 0 Å². The first-order chi connectivity index (χ1) is 12.9. The maximum absolute atomic E-state index is 12.2. The molecule has 0 saturated carbocycles. The monoisotopic (exact) mass is 390 g/mol. The molecule has 2 aromatic rings. The third-order valence-corrected chi connectivity index (χ3v) is 3.87. The van der Waals surface area contributed by atoms with Gasteiger partial charge in [0.15, 0.2) is 12.9 Å². The highest BCUT2D eigenvalue weighted by Crippen LogP contribution is 2.27. The largest absolute Gasteiger partial charge is 0.495 e. The number of nitrogens with one attached hydrogen (secondary N) is 1. The average Bonchev–Trinajstić information content (AvgIpc) is 2.66. The molecule has 0 heterocycles. The van der Waals surface area contributed by atoms with Crippen LogP contribution in [0, 0.1) is 0 Å². The van der Waals surface area contributed by atoms with Crippen molar-refractivity contribution in [2.75, 3.05) is 32.6 Å². The minimum atomic E-state index is -0.417. The van der Waals surface area contributed by atoms with Crippen LogP contribution in [-0.2, 0) is 9.59 Å². The summed E-state index contributed by atoms with van der Waals surface area (Å²) in [4.78, 5) is 36.5. The van der Waals surface area contributed by atoms with E-state index in [4.69, 9.17) is 21.1 Å². The van der Waals surface area contributed by atoms with Gasteiger partial charge in [0.25, 0.3) is 5.91 Å². The minimum absolute atomic E-state index is 0.187. The van der Waals surface area contributed by atoms with Crippen LogP contribution in [0.15, 0.2) is 42.5 Å². The first kappa shape index (κ1) is 20.3. The molecule has 0 aliphatic rings. The van der Waals surface area contributed by atoms with Gasteiger partial charge in [0.2, 0.25) is 5.91 Å². The zero-order valence-electron chi connectivity index (χ0n) is 14.9. The van der Waals surface area contributed by atoms with Crippen LogP contribution in [0.3, 0.4) is 0 Å². The Morgan fingerprint density at radius 3 is 2.63 bits per heavy atom. The molecule has 27 heavy (non-hydrogen) atoms. The van der Waals surface area contributed by atoms with Crippen LogP contribution in [0.2, 0.25) is 5.02 Å². The SMILES string of the molecule is COc1ccc(Cl)cc1NC(=O)CN(C)C(=O)COc1ccccc1C=O. The molecular weight excluding hydrogens is 372 g/mol. The molecule has 7 nitrogen and oxygen atoms in total. The quantitative estimate of drug-likeness (QED) is 0.700. The maximum atomic E-state index is 12.2. The molecule has 0 bridgehead atoms. The Balaban J connectivity index is 1.91. The number of benzene rings is 2. The minimum Gasteiger partial charge on any atom is -0.495 e. The Hall–Kier alpha value is -3.06. The van der Waals surface area contributed by atoms with E-state index in [1.54, 1.807) is 42.5 Å². The van der Waals surface area contributed by atoms with Crippen molar-refractivity contribution in [1.29, 1.82) is 0 Å². The van der Waals surface area contributed by atoms with Crippen LogP contribution in [0.5, 0.6) is 11.5 Å². The topological polar surface area (TPSA) is 84.9 Å². The number of para-hydroxylation sites is 1. The summed E-state index contributed by atoms with van der Waals surface area (Å²) in [6.07, 6.45) is 0.648. The summed E-state index contributed by atoms with van der Waals surface area (Å²) in [5, 5.41) is 3.09. The lowest BCUT2D eigenvalue weighted by molar-refractivity contribution is -0.135. The lowest BCUT2D eigenvalue weighted by Crippen LogP contribution is -2.37. The Bertz CT molecular complexity index is 841. The van der Waals surface area contributed by atoms with E-state index in [9.17, 15) is 14.4 Å². The third kappa shape index (κ3) is 5.72. The second-order valence-corrected chi connectivity index (χ2v) is 6.02. The normalized spacial score (nSPS) is 10.0. The molecule has 2 amide bonds. The number of aldehydes is 1. The molecule has 0 aliphatic heterocycles. The number of likely N-dealkylation sites (N-methyl/N-ethyl adjacent to an activating group) is 1. The van der Waals surface area contributed by atoms with E-state index in [-0.39, 0.29) is 13.2 Å². The zero-order chi connectivity index (χ0) is 19.8. The zero-order valence-corrected chi connectivity index (χ0v) is 15.7. The molecule has 8 heteroatoms. The van der Waals surface area contributed by atoms with Crippen LogP contribution in [0.1, 0.15) is 10.4 Å².